The van der Waals surface area contributed by atoms with E-state index in [1.165, 1.54) is 17.4 Å². The quantitative estimate of drug-likeness (QED) is 0.627. The molecule has 17 heavy (non-hydrogen) atoms. The first kappa shape index (κ1) is 13.9. The van der Waals surface area contributed by atoms with Gasteiger partial charge < -0.3 is 9.46 Å². The van der Waals surface area contributed by atoms with Gasteiger partial charge in [0, 0.05) is 23.0 Å². The average molecular weight is 272 g/mol. The van der Waals surface area contributed by atoms with E-state index in [1.807, 2.05) is 30.5 Å². The standard InChI is InChI=1S/C8H6ClNS.C4H8O2/c9-7-1-2-8-6(5-7)3-4-10-11-8;1-3-6-4(2)5/h1-5,10H;3H2,1-2H3. The fourth-order valence-electron chi connectivity index (χ4n) is 1.17. The number of halogens is 1. The zero-order valence-corrected chi connectivity index (χ0v) is 11.3. The Balaban J connectivity index is 0.000000209. The van der Waals surface area contributed by atoms with Crippen molar-refractivity contribution in [3.05, 3.63) is 35.0 Å². The van der Waals surface area contributed by atoms with Crippen molar-refractivity contribution < 1.29 is 9.53 Å². The highest BCUT2D eigenvalue weighted by Crippen LogP contribution is 2.27. The number of carbonyl (C=O) groups is 1. The minimum absolute atomic E-state index is 0.211. The zero-order valence-electron chi connectivity index (χ0n) is 9.70. The van der Waals surface area contributed by atoms with E-state index in [0.717, 1.165) is 5.02 Å². The predicted octanol–water partition coefficient (Wildman–Crippen LogP) is 3.49. The zero-order chi connectivity index (χ0) is 12.7. The van der Waals surface area contributed by atoms with Crippen LogP contribution in [0.25, 0.3) is 6.08 Å². The fraction of sp³-hybridized carbons (Fsp3) is 0.250. The van der Waals surface area contributed by atoms with Gasteiger partial charge in [-0.15, -0.1) is 0 Å². The molecule has 92 valence electrons. The van der Waals surface area contributed by atoms with Crippen LogP contribution in [0.1, 0.15) is 19.4 Å². The number of hydrogen-bond acceptors (Lipinski definition) is 4. The highest BCUT2D eigenvalue weighted by atomic mass is 35.5. The number of fused-ring (bicyclic) bond motifs is 1. The van der Waals surface area contributed by atoms with Crippen LogP contribution in [0.15, 0.2) is 29.3 Å². The maximum Gasteiger partial charge on any atom is 0.302 e. The minimum Gasteiger partial charge on any atom is -0.466 e. The molecule has 0 fully saturated rings. The monoisotopic (exact) mass is 271 g/mol. The van der Waals surface area contributed by atoms with Crippen molar-refractivity contribution in [1.82, 2.24) is 4.72 Å². The first-order valence-electron chi connectivity index (χ1n) is 5.15. The molecule has 1 heterocycles. The lowest BCUT2D eigenvalue weighted by Crippen LogP contribution is -1.96. The highest BCUT2D eigenvalue weighted by Gasteiger charge is 2.03. The summed E-state index contributed by atoms with van der Waals surface area (Å²) in [5.74, 6) is -0.211. The van der Waals surface area contributed by atoms with Crippen molar-refractivity contribution in [2.45, 2.75) is 18.7 Å². The van der Waals surface area contributed by atoms with Crippen LogP contribution in [0.5, 0.6) is 0 Å². The molecule has 5 heteroatoms. The SMILES string of the molecule is CCOC(C)=O.Clc1ccc2c(c1)C=CNS2. The summed E-state index contributed by atoms with van der Waals surface area (Å²) in [6.45, 7) is 3.65. The summed E-state index contributed by atoms with van der Waals surface area (Å²) in [5, 5.41) is 0.788. The first-order valence-corrected chi connectivity index (χ1v) is 6.34. The molecule has 3 nitrogen and oxygen atoms in total. The van der Waals surface area contributed by atoms with Gasteiger partial charge in [-0.1, -0.05) is 11.6 Å². The van der Waals surface area contributed by atoms with Crippen LogP contribution < -0.4 is 4.72 Å². The molecule has 0 radical (unpaired) electrons. The van der Waals surface area contributed by atoms with Gasteiger partial charge in [-0.25, -0.2) is 0 Å². The molecule has 0 saturated heterocycles. The lowest BCUT2D eigenvalue weighted by atomic mass is 10.2. The summed E-state index contributed by atoms with van der Waals surface area (Å²) in [6, 6.07) is 5.87. The van der Waals surface area contributed by atoms with Gasteiger partial charge in [0.05, 0.1) is 6.61 Å². The van der Waals surface area contributed by atoms with Gasteiger partial charge in [0.15, 0.2) is 0 Å². The molecule has 1 aromatic rings. The van der Waals surface area contributed by atoms with Gasteiger partial charge in [0.1, 0.15) is 0 Å². The predicted molar refractivity (Wildman–Crippen MR) is 71.8 cm³/mol. The largest absolute Gasteiger partial charge is 0.466 e. The summed E-state index contributed by atoms with van der Waals surface area (Å²) in [4.78, 5) is 11.0. The third-order valence-electron chi connectivity index (χ3n) is 1.82. The Hall–Kier alpha value is -1.13. The molecule has 0 bridgehead atoms. The number of benzene rings is 1. The summed E-state index contributed by atoms with van der Waals surface area (Å²) in [7, 11) is 0. The molecule has 0 saturated carbocycles. The number of ether oxygens (including phenoxy) is 1. The Kier molecular flexibility index (Phi) is 5.94. The van der Waals surface area contributed by atoms with Crippen LogP contribution in [-0.4, -0.2) is 12.6 Å². The highest BCUT2D eigenvalue weighted by molar-refractivity contribution is 7.97. The van der Waals surface area contributed by atoms with Gasteiger partial charge in [-0.2, -0.15) is 0 Å². The Bertz CT molecular complexity index is 421. The molecular formula is C12H14ClNO2S. The first-order chi connectivity index (χ1) is 8.13. The second-order valence-electron chi connectivity index (χ2n) is 3.16. The summed E-state index contributed by atoms with van der Waals surface area (Å²) in [5.41, 5.74) is 1.18. The Labute approximate surface area is 110 Å². The van der Waals surface area contributed by atoms with E-state index >= 15 is 0 Å². The van der Waals surface area contributed by atoms with E-state index in [9.17, 15) is 4.79 Å². The maximum absolute atomic E-state index is 9.82. The van der Waals surface area contributed by atoms with Gasteiger partial charge in [0.2, 0.25) is 0 Å². The molecule has 0 amide bonds. The van der Waals surface area contributed by atoms with Gasteiger partial charge >= 0.3 is 5.97 Å². The number of carbonyl (C=O) groups excluding carboxylic acids is 1. The van der Waals surface area contributed by atoms with Crippen molar-refractivity contribution in [3.63, 3.8) is 0 Å². The van der Waals surface area contributed by atoms with Gasteiger partial charge in [0.25, 0.3) is 0 Å². The van der Waals surface area contributed by atoms with Crippen LogP contribution in [0.4, 0.5) is 0 Å². The average Bonchev–Trinajstić information content (AvgIpc) is 2.29. The van der Waals surface area contributed by atoms with Crippen LogP contribution in [0, 0.1) is 0 Å². The molecule has 0 unspecified atom stereocenters. The van der Waals surface area contributed by atoms with Crippen molar-refractivity contribution in [1.29, 1.82) is 0 Å². The van der Waals surface area contributed by atoms with E-state index in [2.05, 4.69) is 9.46 Å². The topological polar surface area (TPSA) is 38.3 Å². The number of hydrogen-bond donors (Lipinski definition) is 1. The van der Waals surface area contributed by atoms with Crippen molar-refractivity contribution in [2.75, 3.05) is 6.61 Å². The van der Waals surface area contributed by atoms with Crippen molar-refractivity contribution in [3.8, 4) is 0 Å². The second-order valence-corrected chi connectivity index (χ2v) is 4.48. The number of nitrogens with one attached hydrogen (secondary N) is 1. The van der Waals surface area contributed by atoms with Crippen LogP contribution in [0.2, 0.25) is 5.02 Å². The van der Waals surface area contributed by atoms with Gasteiger partial charge in [-0.3, -0.25) is 4.79 Å². The summed E-state index contributed by atoms with van der Waals surface area (Å²) < 4.78 is 7.46. The molecule has 0 atom stereocenters. The van der Waals surface area contributed by atoms with E-state index < -0.39 is 0 Å². The number of rotatable bonds is 1. The maximum atomic E-state index is 9.82. The van der Waals surface area contributed by atoms with E-state index in [4.69, 9.17) is 11.6 Å². The minimum atomic E-state index is -0.211. The smallest absolute Gasteiger partial charge is 0.302 e. The Morgan fingerprint density at radius 1 is 1.53 bits per heavy atom. The Morgan fingerprint density at radius 3 is 2.88 bits per heavy atom. The molecule has 1 aliphatic heterocycles. The second kappa shape index (κ2) is 7.25. The van der Waals surface area contributed by atoms with E-state index in [-0.39, 0.29) is 5.97 Å². The molecule has 0 spiro atoms. The molecule has 1 N–H and O–H groups in total. The van der Waals surface area contributed by atoms with E-state index in [0.29, 0.717) is 6.61 Å². The molecular weight excluding hydrogens is 258 g/mol. The molecule has 1 aliphatic rings. The normalized spacial score (nSPS) is 11.7. The summed E-state index contributed by atoms with van der Waals surface area (Å²) >= 11 is 7.42. The molecule has 0 aromatic heterocycles. The van der Waals surface area contributed by atoms with Gasteiger partial charge in [-0.05, 0) is 48.7 Å². The third kappa shape index (κ3) is 5.15. The number of esters is 1. The summed E-state index contributed by atoms with van der Waals surface area (Å²) in [6.07, 6.45) is 3.92. The van der Waals surface area contributed by atoms with Crippen LogP contribution in [0.3, 0.4) is 0 Å². The molecule has 2 rings (SSSR count). The lowest BCUT2D eigenvalue weighted by Gasteiger charge is -2.09. The fourth-order valence-corrected chi connectivity index (χ4v) is 1.99. The Morgan fingerprint density at radius 2 is 2.29 bits per heavy atom. The molecule has 1 aromatic carbocycles. The van der Waals surface area contributed by atoms with Crippen molar-refractivity contribution in [2.24, 2.45) is 0 Å². The molecule has 0 aliphatic carbocycles. The van der Waals surface area contributed by atoms with E-state index in [1.54, 1.807) is 18.9 Å². The lowest BCUT2D eigenvalue weighted by molar-refractivity contribution is -0.140. The van der Waals surface area contributed by atoms with Crippen LogP contribution in [-0.2, 0) is 9.53 Å². The van der Waals surface area contributed by atoms with Crippen molar-refractivity contribution >= 4 is 35.6 Å². The van der Waals surface area contributed by atoms with Crippen LogP contribution >= 0.6 is 23.5 Å². The third-order valence-corrected chi connectivity index (χ3v) is 2.90.